The van der Waals surface area contributed by atoms with Crippen LogP contribution < -0.4 is 10.2 Å². The molecule has 1 saturated heterocycles. The van der Waals surface area contributed by atoms with E-state index in [1.165, 1.54) is 30.3 Å². The lowest BCUT2D eigenvalue weighted by molar-refractivity contribution is -0.384. The number of urea groups is 1. The maximum Gasteiger partial charge on any atom is 0.335 e. The van der Waals surface area contributed by atoms with E-state index in [1.807, 2.05) is 11.5 Å². The number of carbonyl (C=O) groups excluding carboxylic acids is 3. The highest BCUT2D eigenvalue weighted by molar-refractivity contribution is 6.39. The highest BCUT2D eigenvalue weighted by atomic mass is 19.1. The molecule has 0 saturated carbocycles. The maximum atomic E-state index is 13.3. The molecule has 9 nitrogen and oxygen atoms in total. The minimum absolute atomic E-state index is 0.0430. The summed E-state index contributed by atoms with van der Waals surface area (Å²) < 4.78 is 15.1. The van der Waals surface area contributed by atoms with Crippen LogP contribution in [0.15, 0.2) is 60.2 Å². The van der Waals surface area contributed by atoms with E-state index in [1.54, 1.807) is 25.1 Å². The smallest absolute Gasteiger partial charge is 0.318 e. The van der Waals surface area contributed by atoms with Crippen molar-refractivity contribution in [2.24, 2.45) is 0 Å². The summed E-state index contributed by atoms with van der Waals surface area (Å²) in [6.07, 6.45) is 1.38. The Morgan fingerprint density at radius 3 is 2.18 bits per heavy atom. The molecular weight excluding hydrogens is 431 g/mol. The lowest BCUT2D eigenvalue weighted by Gasteiger charge is -2.26. The number of amides is 4. The predicted molar refractivity (Wildman–Crippen MR) is 117 cm³/mol. The van der Waals surface area contributed by atoms with Crippen molar-refractivity contribution in [3.8, 4) is 5.69 Å². The summed E-state index contributed by atoms with van der Waals surface area (Å²) >= 11 is 0. The third-order valence-electron chi connectivity index (χ3n) is 5.28. The number of hydrogen-bond acceptors (Lipinski definition) is 5. The van der Waals surface area contributed by atoms with E-state index in [9.17, 15) is 28.9 Å². The number of aromatic nitrogens is 1. The molecule has 3 aromatic rings. The van der Waals surface area contributed by atoms with Crippen LogP contribution in [0.2, 0.25) is 0 Å². The Morgan fingerprint density at radius 2 is 1.58 bits per heavy atom. The minimum Gasteiger partial charge on any atom is -0.318 e. The molecule has 0 bridgehead atoms. The van der Waals surface area contributed by atoms with Gasteiger partial charge in [-0.05, 0) is 68.0 Å². The van der Waals surface area contributed by atoms with Gasteiger partial charge in [0.05, 0.1) is 10.6 Å². The third kappa shape index (κ3) is 3.89. The zero-order valence-corrected chi connectivity index (χ0v) is 17.5. The molecule has 33 heavy (non-hydrogen) atoms. The number of nitrogens with zero attached hydrogens (tertiary/aromatic N) is 3. The molecule has 1 aliphatic rings. The van der Waals surface area contributed by atoms with Crippen molar-refractivity contribution in [3.05, 3.63) is 93.1 Å². The molecule has 4 amide bonds. The average Bonchev–Trinajstić information content (AvgIpc) is 3.05. The van der Waals surface area contributed by atoms with Gasteiger partial charge in [0.1, 0.15) is 11.4 Å². The van der Waals surface area contributed by atoms with E-state index < -0.39 is 28.6 Å². The van der Waals surface area contributed by atoms with Crippen molar-refractivity contribution in [1.29, 1.82) is 0 Å². The molecule has 1 N–H and O–H groups in total. The van der Waals surface area contributed by atoms with E-state index in [0.29, 0.717) is 16.9 Å². The normalized spacial score (nSPS) is 15.2. The van der Waals surface area contributed by atoms with Crippen molar-refractivity contribution >= 4 is 35.3 Å². The van der Waals surface area contributed by atoms with E-state index in [-0.39, 0.29) is 16.9 Å². The average molecular weight is 448 g/mol. The summed E-state index contributed by atoms with van der Waals surface area (Å²) in [4.78, 5) is 48.9. The van der Waals surface area contributed by atoms with Crippen molar-refractivity contribution in [2.45, 2.75) is 13.8 Å². The molecule has 10 heteroatoms. The van der Waals surface area contributed by atoms with Crippen LogP contribution in [0.5, 0.6) is 0 Å². The zero-order chi connectivity index (χ0) is 23.9. The van der Waals surface area contributed by atoms with Gasteiger partial charge in [-0.3, -0.25) is 25.0 Å². The molecule has 2 heterocycles. The molecule has 0 aliphatic carbocycles. The van der Waals surface area contributed by atoms with Crippen LogP contribution in [-0.2, 0) is 9.59 Å². The number of rotatable bonds is 4. The summed E-state index contributed by atoms with van der Waals surface area (Å²) in [5.74, 6) is -2.21. The molecule has 0 atom stereocenters. The van der Waals surface area contributed by atoms with E-state index in [4.69, 9.17) is 0 Å². The first-order valence-electron chi connectivity index (χ1n) is 9.78. The fraction of sp³-hybridized carbons (Fsp3) is 0.0870. The number of nitro benzene ring substituents is 1. The second-order valence-corrected chi connectivity index (χ2v) is 7.37. The Morgan fingerprint density at radius 1 is 0.970 bits per heavy atom. The van der Waals surface area contributed by atoms with Crippen molar-refractivity contribution in [3.63, 3.8) is 0 Å². The Kier molecular flexibility index (Phi) is 5.34. The number of aryl methyl sites for hydroxylation is 1. The molecule has 0 radical (unpaired) electrons. The first kappa shape index (κ1) is 21.6. The maximum absolute atomic E-state index is 13.3. The van der Waals surface area contributed by atoms with Crippen LogP contribution in [0, 0.1) is 29.8 Å². The summed E-state index contributed by atoms with van der Waals surface area (Å²) in [7, 11) is 0. The Bertz CT molecular complexity index is 1340. The van der Waals surface area contributed by atoms with Gasteiger partial charge in [0, 0.05) is 29.2 Å². The lowest BCUT2D eigenvalue weighted by Crippen LogP contribution is -2.54. The van der Waals surface area contributed by atoms with Crippen molar-refractivity contribution in [1.82, 2.24) is 9.88 Å². The number of anilines is 1. The van der Waals surface area contributed by atoms with Gasteiger partial charge in [-0.2, -0.15) is 0 Å². The van der Waals surface area contributed by atoms with Gasteiger partial charge in [-0.25, -0.2) is 14.1 Å². The first-order valence-corrected chi connectivity index (χ1v) is 9.78. The van der Waals surface area contributed by atoms with Gasteiger partial charge in [-0.15, -0.1) is 0 Å². The summed E-state index contributed by atoms with van der Waals surface area (Å²) in [5.41, 5.74) is 2.48. The summed E-state index contributed by atoms with van der Waals surface area (Å²) in [6.45, 7) is 3.59. The second kappa shape index (κ2) is 8.15. The Balaban J connectivity index is 1.73. The molecule has 4 rings (SSSR count). The minimum atomic E-state index is -0.926. The summed E-state index contributed by atoms with van der Waals surface area (Å²) in [5, 5.41) is 13.0. The molecule has 1 fully saturated rings. The molecule has 2 aromatic carbocycles. The van der Waals surface area contributed by atoms with E-state index >= 15 is 0 Å². The number of barbiturate groups is 1. The third-order valence-corrected chi connectivity index (χ3v) is 5.28. The summed E-state index contributed by atoms with van der Waals surface area (Å²) in [6, 6.07) is 11.5. The van der Waals surface area contributed by atoms with Crippen LogP contribution in [0.25, 0.3) is 11.8 Å². The van der Waals surface area contributed by atoms with Gasteiger partial charge in [0.15, 0.2) is 0 Å². The Hall–Kier alpha value is -4.60. The SMILES string of the molecule is Cc1cc(/C=C2/C(=O)NC(=O)N(c3ccc(F)cc3)C2=O)c(C)n1-c1ccc([N+](=O)[O-])cc1. The number of nitrogens with one attached hydrogen (secondary N) is 1. The van der Waals surface area contributed by atoms with Crippen LogP contribution in [0.1, 0.15) is 17.0 Å². The van der Waals surface area contributed by atoms with Gasteiger partial charge in [-0.1, -0.05) is 0 Å². The van der Waals surface area contributed by atoms with Crippen LogP contribution >= 0.6 is 0 Å². The molecule has 0 spiro atoms. The number of benzene rings is 2. The molecule has 0 unspecified atom stereocenters. The number of nitro groups is 1. The van der Waals surface area contributed by atoms with Gasteiger partial charge in [0.25, 0.3) is 17.5 Å². The fourth-order valence-corrected chi connectivity index (χ4v) is 3.69. The molecular formula is C23H17FN4O5. The molecule has 1 aromatic heterocycles. The zero-order valence-electron chi connectivity index (χ0n) is 17.5. The van der Waals surface area contributed by atoms with Crippen LogP contribution in [0.4, 0.5) is 20.6 Å². The lowest BCUT2D eigenvalue weighted by atomic mass is 10.1. The molecule has 166 valence electrons. The first-order chi connectivity index (χ1) is 15.7. The van der Waals surface area contributed by atoms with E-state index in [2.05, 4.69) is 5.32 Å². The number of carbonyl (C=O) groups is 3. The molecule has 1 aliphatic heterocycles. The Labute approximate surface area is 186 Å². The fourth-order valence-electron chi connectivity index (χ4n) is 3.69. The van der Waals surface area contributed by atoms with Crippen LogP contribution in [0.3, 0.4) is 0 Å². The quantitative estimate of drug-likeness (QED) is 0.282. The van der Waals surface area contributed by atoms with Gasteiger partial charge in [0.2, 0.25) is 0 Å². The highest BCUT2D eigenvalue weighted by Gasteiger charge is 2.37. The van der Waals surface area contributed by atoms with Crippen LogP contribution in [-0.4, -0.2) is 27.3 Å². The van der Waals surface area contributed by atoms with Gasteiger partial charge >= 0.3 is 6.03 Å². The number of imide groups is 2. The van der Waals surface area contributed by atoms with Gasteiger partial charge < -0.3 is 4.57 Å². The largest absolute Gasteiger partial charge is 0.335 e. The van der Waals surface area contributed by atoms with Crippen molar-refractivity contribution < 1.29 is 23.7 Å². The van der Waals surface area contributed by atoms with E-state index in [0.717, 1.165) is 22.7 Å². The monoisotopic (exact) mass is 448 g/mol. The van der Waals surface area contributed by atoms with Crippen molar-refractivity contribution in [2.75, 3.05) is 4.90 Å². The second-order valence-electron chi connectivity index (χ2n) is 7.37. The highest BCUT2D eigenvalue weighted by Crippen LogP contribution is 2.27. The topological polar surface area (TPSA) is 115 Å². The standard InChI is InChI=1S/C23H17FN4O5/c1-13-11-15(14(2)26(13)17-7-9-19(10-8-17)28(32)33)12-20-21(29)25-23(31)27(22(20)30)18-5-3-16(24)4-6-18/h3-12H,1-2H3,(H,25,29,31)/b20-12-. The number of non-ortho nitro benzene ring substituents is 1. The number of halogens is 1. The predicted octanol–water partition coefficient (Wildman–Crippen LogP) is 3.81. The number of hydrogen-bond donors (Lipinski definition) is 1.